The fourth-order valence-electron chi connectivity index (χ4n) is 6.60. The van der Waals surface area contributed by atoms with Crippen LogP contribution in [0.4, 0.5) is 5.69 Å². The van der Waals surface area contributed by atoms with Gasteiger partial charge >= 0.3 is 7.12 Å². The van der Waals surface area contributed by atoms with Gasteiger partial charge in [-0.05, 0) is 89.8 Å². The number of hydrogen-bond acceptors (Lipinski definition) is 7. The number of benzene rings is 3. The number of amides is 2. The Kier molecular flexibility index (Phi) is 9.73. The summed E-state index contributed by atoms with van der Waals surface area (Å²) < 4.78 is 0. The minimum Gasteiger partial charge on any atom is -0.508 e. The minimum absolute atomic E-state index is 0.0608. The van der Waals surface area contributed by atoms with Crippen LogP contribution in [0.5, 0.6) is 5.75 Å². The van der Waals surface area contributed by atoms with E-state index in [0.29, 0.717) is 35.4 Å². The molecule has 1 aliphatic carbocycles. The van der Waals surface area contributed by atoms with Crippen LogP contribution in [0, 0.1) is 17.8 Å². The van der Waals surface area contributed by atoms with Crippen molar-refractivity contribution < 1.29 is 35.0 Å². The molecule has 44 heavy (non-hydrogen) atoms. The SMILES string of the molecule is CCC1=C([C@H](O)CC/C(=C/c2ccc(O)cc2Cl)c2ccccc2)[C@H](CO)[C@@H]2C(=O)N(c3cccc(B(O)O)c3)C(=O)[C@@H]2C1. The zero-order valence-electron chi connectivity index (χ0n) is 24.3. The van der Waals surface area contributed by atoms with Gasteiger partial charge in [0.15, 0.2) is 0 Å². The summed E-state index contributed by atoms with van der Waals surface area (Å²) in [6.07, 6.45) is 2.53. The summed E-state index contributed by atoms with van der Waals surface area (Å²) in [5, 5.41) is 51.7. The average Bonchev–Trinajstić information content (AvgIpc) is 3.28. The van der Waals surface area contributed by atoms with Gasteiger partial charge in [-0.3, -0.25) is 14.5 Å². The Bertz CT molecular complexity index is 1610. The van der Waals surface area contributed by atoms with Gasteiger partial charge in [0.05, 0.1) is 35.3 Å². The lowest BCUT2D eigenvalue weighted by atomic mass is 9.67. The number of nitrogens with zero attached hydrogens (tertiary/aromatic N) is 1. The van der Waals surface area contributed by atoms with Crippen molar-refractivity contribution in [3.05, 3.63) is 100 Å². The molecule has 0 bridgehead atoms. The van der Waals surface area contributed by atoms with Crippen molar-refractivity contribution in [3.8, 4) is 5.75 Å². The number of rotatable bonds is 10. The molecule has 0 aromatic heterocycles. The van der Waals surface area contributed by atoms with Gasteiger partial charge in [-0.15, -0.1) is 0 Å². The second kappa shape index (κ2) is 13.5. The lowest BCUT2D eigenvalue weighted by Gasteiger charge is -2.36. The predicted octanol–water partition coefficient (Wildman–Crippen LogP) is 3.93. The molecule has 0 unspecified atom stereocenters. The van der Waals surface area contributed by atoms with E-state index in [-0.39, 0.29) is 23.3 Å². The molecule has 1 saturated heterocycles. The highest BCUT2D eigenvalue weighted by Crippen LogP contribution is 2.48. The molecule has 228 valence electrons. The fourth-order valence-corrected chi connectivity index (χ4v) is 6.83. The molecule has 5 N–H and O–H groups in total. The van der Waals surface area contributed by atoms with Gasteiger partial charge in [0, 0.05) is 5.92 Å². The van der Waals surface area contributed by atoms with Crippen LogP contribution in [0.25, 0.3) is 11.6 Å². The number of anilines is 1. The van der Waals surface area contributed by atoms with Crippen molar-refractivity contribution in [1.82, 2.24) is 0 Å². The number of fused-ring (bicyclic) bond motifs is 1. The number of aliphatic hydroxyl groups excluding tert-OH is 2. The van der Waals surface area contributed by atoms with E-state index in [9.17, 15) is 35.0 Å². The molecule has 10 heteroatoms. The van der Waals surface area contributed by atoms with E-state index < -0.39 is 49.4 Å². The third-order valence-electron chi connectivity index (χ3n) is 8.74. The van der Waals surface area contributed by atoms with Crippen LogP contribution >= 0.6 is 11.6 Å². The van der Waals surface area contributed by atoms with E-state index in [2.05, 4.69) is 0 Å². The molecule has 2 aliphatic rings. The normalized spacial score (nSPS) is 21.1. The van der Waals surface area contributed by atoms with Gasteiger partial charge < -0.3 is 25.4 Å². The van der Waals surface area contributed by atoms with E-state index >= 15 is 0 Å². The van der Waals surface area contributed by atoms with Gasteiger partial charge in [0.2, 0.25) is 11.8 Å². The monoisotopic (exact) mass is 615 g/mol. The van der Waals surface area contributed by atoms with Crippen LogP contribution in [0.1, 0.15) is 43.7 Å². The highest BCUT2D eigenvalue weighted by molar-refractivity contribution is 6.58. The first-order valence-electron chi connectivity index (χ1n) is 14.7. The molecule has 4 atom stereocenters. The number of carbonyl (C=O) groups excluding carboxylic acids is 2. The first-order chi connectivity index (χ1) is 21.1. The summed E-state index contributed by atoms with van der Waals surface area (Å²) >= 11 is 6.40. The molecule has 5 rings (SSSR count). The number of aliphatic hydroxyl groups is 2. The highest BCUT2D eigenvalue weighted by Gasteiger charge is 2.55. The zero-order chi connectivity index (χ0) is 31.5. The molecule has 1 aliphatic heterocycles. The fraction of sp³-hybridized carbons (Fsp3) is 0.294. The smallest absolute Gasteiger partial charge is 0.488 e. The Balaban J connectivity index is 1.44. The maximum absolute atomic E-state index is 13.8. The minimum atomic E-state index is -1.76. The summed E-state index contributed by atoms with van der Waals surface area (Å²) in [6.45, 7) is 1.52. The van der Waals surface area contributed by atoms with Gasteiger partial charge in [0.25, 0.3) is 0 Å². The Morgan fingerprint density at radius 3 is 2.45 bits per heavy atom. The van der Waals surface area contributed by atoms with Crippen molar-refractivity contribution in [2.75, 3.05) is 11.5 Å². The molecule has 3 aromatic carbocycles. The lowest BCUT2D eigenvalue weighted by molar-refractivity contribution is -0.123. The molecule has 2 amide bonds. The Hall–Kier alpha value is -3.73. The number of hydrogen-bond donors (Lipinski definition) is 5. The van der Waals surface area contributed by atoms with Crippen LogP contribution in [-0.2, 0) is 9.59 Å². The van der Waals surface area contributed by atoms with Gasteiger partial charge in [0.1, 0.15) is 5.75 Å². The quantitative estimate of drug-likeness (QED) is 0.101. The van der Waals surface area contributed by atoms with E-state index in [1.807, 2.05) is 43.3 Å². The first kappa shape index (κ1) is 31.7. The third kappa shape index (κ3) is 6.25. The maximum atomic E-state index is 13.8. The topological polar surface area (TPSA) is 139 Å². The standard InChI is InChI=1S/C34H35BClNO7/c1-2-20-16-27-32(34(42)37(33(27)41)25-10-6-9-24(17-25)35(43)44)28(19-38)31(20)30(40)14-12-22(21-7-4-3-5-8-21)15-23-11-13-26(39)18-29(23)36/h3-11,13,15,17-18,27-28,30,32,38-40,43-44H,2,12,14,16,19H2,1H3/b22-15-/t27-,28+,30-,32-/m1/s1. The van der Waals surface area contributed by atoms with E-state index in [1.165, 1.54) is 18.2 Å². The van der Waals surface area contributed by atoms with E-state index in [0.717, 1.165) is 21.6 Å². The average molecular weight is 616 g/mol. The second-order valence-corrected chi connectivity index (χ2v) is 11.7. The molecule has 0 saturated carbocycles. The number of imide groups is 1. The van der Waals surface area contributed by atoms with Gasteiger partial charge in [-0.2, -0.15) is 0 Å². The van der Waals surface area contributed by atoms with Crippen molar-refractivity contribution in [2.24, 2.45) is 17.8 Å². The van der Waals surface area contributed by atoms with Crippen LogP contribution in [-0.4, -0.2) is 57.0 Å². The largest absolute Gasteiger partial charge is 0.508 e. The van der Waals surface area contributed by atoms with Crippen molar-refractivity contribution in [2.45, 2.75) is 38.7 Å². The van der Waals surface area contributed by atoms with Crippen LogP contribution in [0.3, 0.4) is 0 Å². The van der Waals surface area contributed by atoms with Crippen LogP contribution in [0.15, 0.2) is 83.9 Å². The number of phenols is 1. The van der Waals surface area contributed by atoms with Crippen molar-refractivity contribution in [3.63, 3.8) is 0 Å². The summed E-state index contributed by atoms with van der Waals surface area (Å²) in [5.41, 5.74) is 4.42. The molecule has 1 fully saturated rings. The van der Waals surface area contributed by atoms with Gasteiger partial charge in [-0.25, -0.2) is 0 Å². The summed E-state index contributed by atoms with van der Waals surface area (Å²) in [7, 11) is -1.76. The predicted molar refractivity (Wildman–Crippen MR) is 171 cm³/mol. The lowest BCUT2D eigenvalue weighted by Crippen LogP contribution is -2.39. The number of allylic oxidation sites excluding steroid dienone is 2. The van der Waals surface area contributed by atoms with E-state index in [1.54, 1.807) is 24.3 Å². The number of halogens is 1. The van der Waals surface area contributed by atoms with E-state index in [4.69, 9.17) is 11.6 Å². The summed E-state index contributed by atoms with van der Waals surface area (Å²) in [4.78, 5) is 28.5. The Morgan fingerprint density at radius 1 is 1.05 bits per heavy atom. The molecular weight excluding hydrogens is 581 g/mol. The zero-order valence-corrected chi connectivity index (χ0v) is 25.1. The first-order valence-corrected chi connectivity index (χ1v) is 15.1. The molecule has 8 nitrogen and oxygen atoms in total. The number of aromatic hydroxyl groups is 1. The molecule has 3 aromatic rings. The van der Waals surface area contributed by atoms with Crippen molar-refractivity contribution in [1.29, 1.82) is 0 Å². The molecule has 0 spiro atoms. The van der Waals surface area contributed by atoms with Crippen molar-refractivity contribution >= 4 is 53.3 Å². The molecule has 1 heterocycles. The Labute approximate surface area is 261 Å². The van der Waals surface area contributed by atoms with Crippen LogP contribution < -0.4 is 10.4 Å². The Morgan fingerprint density at radius 2 is 1.80 bits per heavy atom. The maximum Gasteiger partial charge on any atom is 0.488 e. The summed E-state index contributed by atoms with van der Waals surface area (Å²) in [5.74, 6) is -3.11. The van der Waals surface area contributed by atoms with Gasteiger partial charge in [-0.1, -0.05) is 66.6 Å². The number of carbonyl (C=O) groups is 2. The number of phenolic OH excluding ortho intramolecular Hbond substituents is 1. The third-order valence-corrected chi connectivity index (χ3v) is 9.07. The second-order valence-electron chi connectivity index (χ2n) is 11.3. The molecule has 0 radical (unpaired) electrons. The molecular formula is C34H35BClNO7. The summed E-state index contributed by atoms with van der Waals surface area (Å²) in [6, 6.07) is 20.4. The van der Waals surface area contributed by atoms with Crippen LogP contribution in [0.2, 0.25) is 5.02 Å². The highest BCUT2D eigenvalue weighted by atomic mass is 35.5.